The molecule has 1 fully saturated rings. The third-order valence-electron chi connectivity index (χ3n) is 4.41. The summed E-state index contributed by atoms with van der Waals surface area (Å²) < 4.78 is 0. The second-order valence-corrected chi connectivity index (χ2v) is 5.53. The molecule has 1 aliphatic rings. The molecule has 0 amide bonds. The van der Waals surface area contributed by atoms with Gasteiger partial charge in [0, 0.05) is 31.1 Å². The van der Waals surface area contributed by atoms with Gasteiger partial charge < -0.3 is 5.73 Å². The SMILES string of the molecule is CCC1CCC(C)N1CC(CN)c1ccccc1. The molecule has 18 heavy (non-hydrogen) atoms. The zero-order valence-corrected chi connectivity index (χ0v) is 11.7. The summed E-state index contributed by atoms with van der Waals surface area (Å²) in [6, 6.07) is 12.2. The van der Waals surface area contributed by atoms with E-state index in [2.05, 4.69) is 49.1 Å². The van der Waals surface area contributed by atoms with Crippen molar-refractivity contribution in [2.24, 2.45) is 5.73 Å². The number of hydrogen-bond acceptors (Lipinski definition) is 2. The van der Waals surface area contributed by atoms with Crippen LogP contribution in [0.3, 0.4) is 0 Å². The van der Waals surface area contributed by atoms with Crippen LogP contribution in [0.1, 0.15) is 44.6 Å². The van der Waals surface area contributed by atoms with E-state index in [9.17, 15) is 0 Å². The molecule has 1 saturated heterocycles. The molecule has 2 N–H and O–H groups in total. The van der Waals surface area contributed by atoms with Gasteiger partial charge in [0.2, 0.25) is 0 Å². The molecule has 0 aromatic heterocycles. The summed E-state index contributed by atoms with van der Waals surface area (Å²) in [5.74, 6) is 0.473. The molecule has 100 valence electrons. The summed E-state index contributed by atoms with van der Waals surface area (Å²) in [6.07, 6.45) is 3.95. The highest BCUT2D eigenvalue weighted by Gasteiger charge is 2.30. The summed E-state index contributed by atoms with van der Waals surface area (Å²) in [7, 11) is 0. The van der Waals surface area contributed by atoms with Crippen LogP contribution in [0.4, 0.5) is 0 Å². The first-order valence-electron chi connectivity index (χ1n) is 7.27. The number of hydrogen-bond donors (Lipinski definition) is 1. The molecule has 0 saturated carbocycles. The van der Waals surface area contributed by atoms with Gasteiger partial charge in [-0.1, -0.05) is 37.3 Å². The van der Waals surface area contributed by atoms with Crippen molar-refractivity contribution in [3.63, 3.8) is 0 Å². The highest BCUT2D eigenvalue weighted by atomic mass is 15.2. The standard InChI is InChI=1S/C16H26N2/c1-3-16-10-9-13(2)18(16)12-15(11-17)14-7-5-4-6-8-14/h4-8,13,15-16H,3,9-12,17H2,1-2H3. The average molecular weight is 246 g/mol. The number of nitrogens with two attached hydrogens (primary N) is 1. The topological polar surface area (TPSA) is 29.3 Å². The largest absolute Gasteiger partial charge is 0.330 e. The van der Waals surface area contributed by atoms with Crippen molar-refractivity contribution in [3.8, 4) is 0 Å². The van der Waals surface area contributed by atoms with Gasteiger partial charge in [0.1, 0.15) is 0 Å². The van der Waals surface area contributed by atoms with Gasteiger partial charge in [0.25, 0.3) is 0 Å². The van der Waals surface area contributed by atoms with Crippen molar-refractivity contribution < 1.29 is 0 Å². The predicted molar refractivity (Wildman–Crippen MR) is 77.7 cm³/mol. The lowest BCUT2D eigenvalue weighted by Crippen LogP contribution is -2.39. The number of rotatable bonds is 5. The lowest BCUT2D eigenvalue weighted by molar-refractivity contribution is 0.187. The highest BCUT2D eigenvalue weighted by molar-refractivity contribution is 5.20. The first kappa shape index (κ1) is 13.6. The van der Waals surface area contributed by atoms with Gasteiger partial charge in [0.15, 0.2) is 0 Å². The molecular formula is C16H26N2. The molecule has 1 aliphatic heterocycles. The van der Waals surface area contributed by atoms with Crippen LogP contribution in [0.5, 0.6) is 0 Å². The van der Waals surface area contributed by atoms with E-state index in [1.165, 1.54) is 24.8 Å². The molecule has 2 heteroatoms. The monoisotopic (exact) mass is 246 g/mol. The fourth-order valence-electron chi connectivity index (χ4n) is 3.19. The van der Waals surface area contributed by atoms with Crippen LogP contribution in [0, 0.1) is 0 Å². The average Bonchev–Trinajstić information content (AvgIpc) is 2.77. The summed E-state index contributed by atoms with van der Waals surface area (Å²) >= 11 is 0. The molecule has 2 rings (SSSR count). The molecule has 0 spiro atoms. The molecular weight excluding hydrogens is 220 g/mol. The third-order valence-corrected chi connectivity index (χ3v) is 4.41. The van der Waals surface area contributed by atoms with E-state index in [0.717, 1.165) is 19.1 Å². The van der Waals surface area contributed by atoms with Crippen LogP contribution >= 0.6 is 0 Å². The summed E-state index contributed by atoms with van der Waals surface area (Å²) in [4.78, 5) is 2.67. The minimum absolute atomic E-state index is 0.473. The van der Waals surface area contributed by atoms with Crippen LogP contribution in [-0.4, -0.2) is 30.1 Å². The van der Waals surface area contributed by atoms with Crippen molar-refractivity contribution in [1.29, 1.82) is 0 Å². The second kappa shape index (κ2) is 6.35. The van der Waals surface area contributed by atoms with Crippen LogP contribution < -0.4 is 5.73 Å². The fourth-order valence-corrected chi connectivity index (χ4v) is 3.19. The van der Waals surface area contributed by atoms with Gasteiger partial charge in [-0.3, -0.25) is 4.90 Å². The summed E-state index contributed by atoms with van der Waals surface area (Å²) in [5.41, 5.74) is 7.37. The zero-order chi connectivity index (χ0) is 13.0. The quantitative estimate of drug-likeness (QED) is 0.865. The van der Waals surface area contributed by atoms with Gasteiger partial charge in [-0.05, 0) is 31.7 Å². The van der Waals surface area contributed by atoms with Crippen molar-refractivity contribution in [2.45, 2.75) is 51.1 Å². The Balaban J connectivity index is 2.06. The van der Waals surface area contributed by atoms with Crippen molar-refractivity contribution in [3.05, 3.63) is 35.9 Å². The Morgan fingerprint density at radius 3 is 2.61 bits per heavy atom. The number of likely N-dealkylation sites (tertiary alicyclic amines) is 1. The third kappa shape index (κ3) is 2.93. The smallest absolute Gasteiger partial charge is 0.00962 e. The van der Waals surface area contributed by atoms with Crippen LogP contribution in [-0.2, 0) is 0 Å². The van der Waals surface area contributed by atoms with Crippen LogP contribution in [0.25, 0.3) is 0 Å². The van der Waals surface area contributed by atoms with E-state index in [1.807, 2.05) is 0 Å². The molecule has 0 bridgehead atoms. The Bertz CT molecular complexity index is 349. The Labute approximate surface area is 111 Å². The van der Waals surface area contributed by atoms with Gasteiger partial charge >= 0.3 is 0 Å². The minimum Gasteiger partial charge on any atom is -0.330 e. The maximum atomic E-state index is 5.99. The lowest BCUT2D eigenvalue weighted by Gasteiger charge is -2.31. The normalized spacial score (nSPS) is 26.4. The van der Waals surface area contributed by atoms with E-state index in [1.54, 1.807) is 0 Å². The maximum Gasteiger partial charge on any atom is 0.00962 e. The van der Waals surface area contributed by atoms with E-state index in [-0.39, 0.29) is 0 Å². The first-order valence-corrected chi connectivity index (χ1v) is 7.27. The van der Waals surface area contributed by atoms with Crippen LogP contribution in [0.2, 0.25) is 0 Å². The predicted octanol–water partition coefficient (Wildman–Crippen LogP) is 2.99. The molecule has 1 aromatic carbocycles. The van der Waals surface area contributed by atoms with E-state index < -0.39 is 0 Å². The Morgan fingerprint density at radius 1 is 1.28 bits per heavy atom. The maximum absolute atomic E-state index is 5.99. The zero-order valence-electron chi connectivity index (χ0n) is 11.7. The second-order valence-electron chi connectivity index (χ2n) is 5.53. The number of benzene rings is 1. The highest BCUT2D eigenvalue weighted by Crippen LogP contribution is 2.28. The summed E-state index contributed by atoms with van der Waals surface area (Å²) in [6.45, 7) is 6.51. The van der Waals surface area contributed by atoms with Crippen molar-refractivity contribution in [2.75, 3.05) is 13.1 Å². The molecule has 3 unspecified atom stereocenters. The molecule has 2 nitrogen and oxygen atoms in total. The molecule has 1 heterocycles. The molecule has 0 aliphatic carbocycles. The minimum atomic E-state index is 0.473. The van der Waals surface area contributed by atoms with E-state index >= 15 is 0 Å². The summed E-state index contributed by atoms with van der Waals surface area (Å²) in [5, 5.41) is 0. The first-order chi connectivity index (χ1) is 8.76. The Morgan fingerprint density at radius 2 is 2.00 bits per heavy atom. The van der Waals surface area contributed by atoms with Gasteiger partial charge in [0.05, 0.1) is 0 Å². The van der Waals surface area contributed by atoms with E-state index in [4.69, 9.17) is 5.73 Å². The van der Waals surface area contributed by atoms with Gasteiger partial charge in [-0.15, -0.1) is 0 Å². The molecule has 0 radical (unpaired) electrons. The van der Waals surface area contributed by atoms with Crippen LogP contribution in [0.15, 0.2) is 30.3 Å². The molecule has 1 aromatic rings. The Hall–Kier alpha value is -0.860. The van der Waals surface area contributed by atoms with Crippen molar-refractivity contribution in [1.82, 2.24) is 4.90 Å². The van der Waals surface area contributed by atoms with E-state index in [0.29, 0.717) is 12.0 Å². The lowest BCUT2D eigenvalue weighted by atomic mass is 9.98. The van der Waals surface area contributed by atoms with Gasteiger partial charge in [-0.2, -0.15) is 0 Å². The number of nitrogens with zero attached hydrogens (tertiary/aromatic N) is 1. The molecule has 3 atom stereocenters. The van der Waals surface area contributed by atoms with Gasteiger partial charge in [-0.25, -0.2) is 0 Å². The van der Waals surface area contributed by atoms with Crippen molar-refractivity contribution >= 4 is 0 Å². The Kier molecular flexibility index (Phi) is 4.79. The fraction of sp³-hybridized carbons (Fsp3) is 0.625.